The number of ether oxygens (including phenoxy) is 1. The molecule has 0 heterocycles. The molecule has 0 amide bonds. The van der Waals surface area contributed by atoms with Crippen LogP contribution in [-0.2, 0) is 21.1 Å². The number of benzene rings is 1. The largest absolute Gasteiger partial charge is 0.379 e. The number of sulfone groups is 1. The number of guanidine groups is 1. The molecule has 1 rings (SSSR count). The molecule has 1 atom stereocenters. The quantitative estimate of drug-likeness (QED) is 0.601. The highest BCUT2D eigenvalue weighted by Crippen LogP contribution is 2.20. The fourth-order valence-electron chi connectivity index (χ4n) is 2.19. The normalized spacial score (nSPS) is 14.3. The van der Waals surface area contributed by atoms with Gasteiger partial charge in [0.2, 0.25) is 0 Å². The topological polar surface area (TPSA) is 79.8 Å². The minimum atomic E-state index is -3.16. The van der Waals surface area contributed by atoms with Gasteiger partial charge in [-0.15, -0.1) is 0 Å². The van der Waals surface area contributed by atoms with Crippen LogP contribution in [-0.4, -0.2) is 47.4 Å². The summed E-state index contributed by atoms with van der Waals surface area (Å²) in [6.45, 7) is 7.58. The first-order valence-corrected chi connectivity index (χ1v) is 9.73. The molecule has 0 saturated heterocycles. The Morgan fingerprint density at radius 1 is 1.21 bits per heavy atom. The van der Waals surface area contributed by atoms with Gasteiger partial charge in [-0.1, -0.05) is 32.9 Å². The maximum atomic E-state index is 11.5. The van der Waals surface area contributed by atoms with Crippen LogP contribution in [0.3, 0.4) is 0 Å². The molecular formula is C17H29N3O3S. The summed E-state index contributed by atoms with van der Waals surface area (Å²) in [5.74, 6) is 0.675. The molecule has 1 unspecified atom stereocenters. The number of hydrogen-bond acceptors (Lipinski definition) is 4. The average molecular weight is 356 g/mol. The lowest BCUT2D eigenvalue weighted by molar-refractivity contribution is 0.0205. The number of nitrogens with one attached hydrogen (secondary N) is 2. The summed E-state index contributed by atoms with van der Waals surface area (Å²) in [6.07, 6.45) is 1.26. The molecule has 24 heavy (non-hydrogen) atoms. The van der Waals surface area contributed by atoms with Gasteiger partial charge in [0.05, 0.1) is 11.0 Å². The van der Waals surface area contributed by atoms with E-state index < -0.39 is 9.84 Å². The molecule has 136 valence electrons. The van der Waals surface area contributed by atoms with Gasteiger partial charge in [0.25, 0.3) is 0 Å². The van der Waals surface area contributed by atoms with E-state index in [0.29, 0.717) is 23.9 Å². The molecule has 0 aromatic heterocycles. The van der Waals surface area contributed by atoms with Gasteiger partial charge >= 0.3 is 0 Å². The summed E-state index contributed by atoms with van der Waals surface area (Å²) >= 11 is 0. The Labute approximate surface area is 145 Å². The zero-order valence-corrected chi connectivity index (χ0v) is 16.2. The predicted octanol–water partition coefficient (Wildman–Crippen LogP) is 1.82. The number of rotatable bonds is 6. The molecular weight excluding hydrogens is 326 g/mol. The van der Waals surface area contributed by atoms with Crippen LogP contribution < -0.4 is 10.6 Å². The molecule has 2 N–H and O–H groups in total. The van der Waals surface area contributed by atoms with Gasteiger partial charge < -0.3 is 15.4 Å². The zero-order chi connectivity index (χ0) is 18.4. The van der Waals surface area contributed by atoms with E-state index in [0.717, 1.165) is 5.56 Å². The highest BCUT2D eigenvalue weighted by molar-refractivity contribution is 7.90. The van der Waals surface area contributed by atoms with E-state index in [1.807, 2.05) is 0 Å². The molecule has 0 aliphatic carbocycles. The lowest BCUT2D eigenvalue weighted by Crippen LogP contribution is -2.45. The van der Waals surface area contributed by atoms with E-state index in [1.165, 1.54) is 6.26 Å². The minimum Gasteiger partial charge on any atom is -0.379 e. The molecule has 0 saturated carbocycles. The first-order valence-electron chi connectivity index (χ1n) is 7.84. The second-order valence-corrected chi connectivity index (χ2v) is 8.83. The van der Waals surface area contributed by atoms with Crippen molar-refractivity contribution in [2.45, 2.75) is 38.3 Å². The van der Waals surface area contributed by atoms with Crippen molar-refractivity contribution in [1.82, 2.24) is 10.6 Å². The fourth-order valence-corrected chi connectivity index (χ4v) is 2.82. The average Bonchev–Trinajstić information content (AvgIpc) is 2.49. The van der Waals surface area contributed by atoms with Crippen molar-refractivity contribution < 1.29 is 13.2 Å². The van der Waals surface area contributed by atoms with E-state index in [1.54, 1.807) is 38.4 Å². The second-order valence-electron chi connectivity index (χ2n) is 6.81. The van der Waals surface area contributed by atoms with Gasteiger partial charge in [-0.05, 0) is 23.1 Å². The van der Waals surface area contributed by atoms with Crippen LogP contribution >= 0.6 is 0 Å². The SMILES string of the molecule is CN=C(NCc1ccc(S(C)(=O)=O)cc1)NCC(OC)C(C)(C)C. The Morgan fingerprint density at radius 3 is 2.21 bits per heavy atom. The lowest BCUT2D eigenvalue weighted by Gasteiger charge is -2.30. The molecule has 1 aromatic rings. The highest BCUT2D eigenvalue weighted by atomic mass is 32.2. The molecule has 0 fully saturated rings. The number of methoxy groups -OCH3 is 1. The van der Waals surface area contributed by atoms with E-state index in [2.05, 4.69) is 36.4 Å². The van der Waals surface area contributed by atoms with Crippen LogP contribution in [0.1, 0.15) is 26.3 Å². The monoisotopic (exact) mass is 355 g/mol. The van der Waals surface area contributed by atoms with Crippen molar-refractivity contribution in [1.29, 1.82) is 0 Å². The van der Waals surface area contributed by atoms with E-state index >= 15 is 0 Å². The minimum absolute atomic E-state index is 0.0298. The predicted molar refractivity (Wildman–Crippen MR) is 98.0 cm³/mol. The summed E-state index contributed by atoms with van der Waals surface area (Å²) < 4.78 is 28.4. The maximum Gasteiger partial charge on any atom is 0.191 e. The van der Waals surface area contributed by atoms with E-state index in [9.17, 15) is 8.42 Å². The van der Waals surface area contributed by atoms with Crippen molar-refractivity contribution in [2.24, 2.45) is 10.4 Å². The third-order valence-corrected chi connectivity index (χ3v) is 4.87. The Bertz CT molecular complexity index is 647. The smallest absolute Gasteiger partial charge is 0.191 e. The summed E-state index contributed by atoms with van der Waals surface area (Å²) in [6, 6.07) is 6.82. The van der Waals surface area contributed by atoms with Gasteiger partial charge in [0, 0.05) is 33.5 Å². The van der Waals surface area contributed by atoms with Gasteiger partial charge in [0.1, 0.15) is 0 Å². The summed E-state index contributed by atoms with van der Waals surface area (Å²) in [5.41, 5.74) is 1.01. The zero-order valence-electron chi connectivity index (χ0n) is 15.4. The number of aliphatic imine (C=N–C) groups is 1. The molecule has 6 nitrogen and oxygen atoms in total. The number of hydrogen-bond donors (Lipinski definition) is 2. The van der Waals surface area contributed by atoms with Crippen molar-refractivity contribution in [3.05, 3.63) is 29.8 Å². The van der Waals surface area contributed by atoms with Gasteiger partial charge in [-0.25, -0.2) is 8.42 Å². The van der Waals surface area contributed by atoms with Gasteiger partial charge in [-0.2, -0.15) is 0 Å². The molecule has 1 aromatic carbocycles. The highest BCUT2D eigenvalue weighted by Gasteiger charge is 2.24. The number of nitrogens with zero attached hydrogens (tertiary/aromatic N) is 1. The second kappa shape index (κ2) is 8.48. The van der Waals surface area contributed by atoms with Gasteiger partial charge in [0.15, 0.2) is 15.8 Å². The third kappa shape index (κ3) is 6.49. The van der Waals surface area contributed by atoms with Crippen molar-refractivity contribution in [3.8, 4) is 0 Å². The Balaban J connectivity index is 2.58. The molecule has 0 bridgehead atoms. The molecule has 0 aliphatic heterocycles. The first-order chi connectivity index (χ1) is 11.1. The van der Waals surface area contributed by atoms with Crippen LogP contribution in [0.25, 0.3) is 0 Å². The molecule has 7 heteroatoms. The molecule has 0 spiro atoms. The standard InChI is InChI=1S/C17H29N3O3S/c1-17(2,3)15(23-5)12-20-16(18-4)19-11-13-7-9-14(10-8-13)24(6,21)22/h7-10,15H,11-12H2,1-6H3,(H2,18,19,20). The van der Waals surface area contributed by atoms with Crippen LogP contribution in [0.4, 0.5) is 0 Å². The first kappa shape index (κ1) is 20.4. The van der Waals surface area contributed by atoms with Crippen LogP contribution in [0.5, 0.6) is 0 Å². The third-order valence-electron chi connectivity index (χ3n) is 3.74. The van der Waals surface area contributed by atoms with Crippen LogP contribution in [0.15, 0.2) is 34.2 Å². The lowest BCUT2D eigenvalue weighted by atomic mass is 9.89. The van der Waals surface area contributed by atoms with Crippen molar-refractivity contribution in [3.63, 3.8) is 0 Å². The molecule has 0 radical (unpaired) electrons. The maximum absolute atomic E-state index is 11.5. The Morgan fingerprint density at radius 2 is 1.79 bits per heavy atom. The van der Waals surface area contributed by atoms with E-state index in [-0.39, 0.29) is 11.5 Å². The summed E-state index contributed by atoms with van der Waals surface area (Å²) in [7, 11) is 0.254. The van der Waals surface area contributed by atoms with E-state index in [4.69, 9.17) is 4.74 Å². The van der Waals surface area contributed by atoms with Gasteiger partial charge in [-0.3, -0.25) is 4.99 Å². The summed E-state index contributed by atoms with van der Waals surface area (Å²) in [4.78, 5) is 4.51. The van der Waals surface area contributed by atoms with Crippen LogP contribution in [0.2, 0.25) is 0 Å². The van der Waals surface area contributed by atoms with Crippen LogP contribution in [0, 0.1) is 5.41 Å². The Hall–Kier alpha value is -1.60. The Kier molecular flexibility index (Phi) is 7.23. The van der Waals surface area contributed by atoms with Crippen molar-refractivity contribution in [2.75, 3.05) is 27.0 Å². The summed E-state index contributed by atoms with van der Waals surface area (Å²) in [5, 5.41) is 6.46. The van der Waals surface area contributed by atoms with Crippen molar-refractivity contribution >= 4 is 15.8 Å². The fraction of sp³-hybridized carbons (Fsp3) is 0.588. The molecule has 0 aliphatic rings.